The van der Waals surface area contributed by atoms with E-state index in [4.69, 9.17) is 0 Å². The zero-order valence-electron chi connectivity index (χ0n) is 15.3. The topological polar surface area (TPSA) is 64.0 Å². The van der Waals surface area contributed by atoms with Crippen LogP contribution >= 0.6 is 0 Å². The van der Waals surface area contributed by atoms with Crippen LogP contribution in [-0.2, 0) is 6.54 Å². The van der Waals surface area contributed by atoms with Gasteiger partial charge in [-0.25, -0.2) is 4.68 Å². The van der Waals surface area contributed by atoms with E-state index < -0.39 is 0 Å². The van der Waals surface area contributed by atoms with Gasteiger partial charge in [0.2, 0.25) is 0 Å². The van der Waals surface area contributed by atoms with Crippen LogP contribution in [-0.4, -0.2) is 21.7 Å². The maximum absolute atomic E-state index is 12.8. The highest BCUT2D eigenvalue weighted by molar-refractivity contribution is 6.04. The van der Waals surface area contributed by atoms with E-state index in [2.05, 4.69) is 10.4 Å². The number of benzene rings is 2. The fourth-order valence-electron chi connectivity index (χ4n) is 2.71. The highest BCUT2D eigenvalue weighted by Gasteiger charge is 2.19. The quantitative estimate of drug-likeness (QED) is 0.769. The molecule has 1 atom stereocenters. The molecule has 0 fully saturated rings. The van der Waals surface area contributed by atoms with Crippen LogP contribution in [0.5, 0.6) is 0 Å². The van der Waals surface area contributed by atoms with Gasteiger partial charge in [-0.2, -0.15) is 5.10 Å². The Labute approximate surface area is 152 Å². The number of aromatic nitrogens is 2. The molecule has 26 heavy (non-hydrogen) atoms. The Balaban J connectivity index is 2.08. The molecule has 1 N–H and O–H groups in total. The second kappa shape index (κ2) is 7.52. The molecule has 1 aromatic heterocycles. The lowest BCUT2D eigenvalue weighted by atomic mass is 10.1. The van der Waals surface area contributed by atoms with Crippen LogP contribution in [0, 0.1) is 5.92 Å². The average Bonchev–Trinajstić information content (AvgIpc) is 2.64. The van der Waals surface area contributed by atoms with Crippen LogP contribution in [0.25, 0.3) is 10.8 Å². The third kappa shape index (κ3) is 3.67. The highest BCUT2D eigenvalue weighted by Crippen LogP contribution is 2.14. The molecule has 3 aromatic rings. The number of amides is 1. The third-order valence-corrected chi connectivity index (χ3v) is 4.62. The molecule has 5 nitrogen and oxygen atoms in total. The van der Waals surface area contributed by atoms with Gasteiger partial charge in [0.15, 0.2) is 5.69 Å². The lowest BCUT2D eigenvalue weighted by Gasteiger charge is -2.18. The summed E-state index contributed by atoms with van der Waals surface area (Å²) in [4.78, 5) is 25.6. The van der Waals surface area contributed by atoms with E-state index in [1.807, 2.05) is 57.2 Å². The molecule has 0 aliphatic carbocycles. The van der Waals surface area contributed by atoms with Gasteiger partial charge in [0.05, 0.1) is 11.9 Å². The fraction of sp³-hybridized carbons (Fsp3) is 0.286. The van der Waals surface area contributed by atoms with Crippen LogP contribution in [0.15, 0.2) is 59.4 Å². The molecule has 3 rings (SSSR count). The zero-order valence-corrected chi connectivity index (χ0v) is 15.3. The largest absolute Gasteiger partial charge is 0.348 e. The number of hydrogen-bond donors (Lipinski definition) is 1. The summed E-state index contributed by atoms with van der Waals surface area (Å²) < 4.78 is 1.37. The van der Waals surface area contributed by atoms with Crippen molar-refractivity contribution >= 4 is 16.7 Å². The summed E-state index contributed by atoms with van der Waals surface area (Å²) in [5.41, 5.74) is 1.04. The molecule has 0 radical (unpaired) electrons. The van der Waals surface area contributed by atoms with Crippen molar-refractivity contribution in [2.45, 2.75) is 33.4 Å². The Morgan fingerprint density at radius 3 is 2.27 bits per heavy atom. The van der Waals surface area contributed by atoms with Crippen molar-refractivity contribution in [3.63, 3.8) is 0 Å². The van der Waals surface area contributed by atoms with Crippen LogP contribution in [0.2, 0.25) is 0 Å². The van der Waals surface area contributed by atoms with Gasteiger partial charge in [-0.05, 0) is 24.5 Å². The van der Waals surface area contributed by atoms with E-state index in [9.17, 15) is 9.59 Å². The van der Waals surface area contributed by atoms with E-state index in [0.29, 0.717) is 23.2 Å². The molecule has 0 aliphatic rings. The van der Waals surface area contributed by atoms with Crippen molar-refractivity contribution in [1.82, 2.24) is 15.1 Å². The first-order chi connectivity index (χ1) is 12.5. The lowest BCUT2D eigenvalue weighted by Crippen LogP contribution is -2.38. The van der Waals surface area contributed by atoms with Crippen molar-refractivity contribution in [2.24, 2.45) is 5.92 Å². The summed E-state index contributed by atoms with van der Waals surface area (Å²) in [5, 5.41) is 8.46. The normalized spacial score (nSPS) is 12.3. The van der Waals surface area contributed by atoms with Crippen LogP contribution in [0.4, 0.5) is 0 Å². The molecule has 0 bridgehead atoms. The molecule has 0 unspecified atom stereocenters. The lowest BCUT2D eigenvalue weighted by molar-refractivity contribution is 0.0925. The molecular weight excluding hydrogens is 326 g/mol. The Hall–Kier alpha value is -2.95. The Kier molecular flexibility index (Phi) is 5.16. The Bertz CT molecular complexity index is 977. The number of rotatable bonds is 5. The second-order valence-electron chi connectivity index (χ2n) is 6.85. The van der Waals surface area contributed by atoms with Crippen molar-refractivity contribution in [1.29, 1.82) is 0 Å². The smallest absolute Gasteiger partial charge is 0.274 e. The summed E-state index contributed by atoms with van der Waals surface area (Å²) in [7, 11) is 0. The molecule has 134 valence electrons. The van der Waals surface area contributed by atoms with Gasteiger partial charge < -0.3 is 5.32 Å². The SMILES string of the molecule is CC(C)[C@@H](C)NC(=O)c1nn(Cc2ccccc2)c(=O)c2ccccc12. The third-order valence-electron chi connectivity index (χ3n) is 4.62. The summed E-state index contributed by atoms with van der Waals surface area (Å²) >= 11 is 0. The van der Waals surface area contributed by atoms with Crippen molar-refractivity contribution in [3.8, 4) is 0 Å². The maximum Gasteiger partial charge on any atom is 0.274 e. The van der Waals surface area contributed by atoms with E-state index >= 15 is 0 Å². The van der Waals surface area contributed by atoms with E-state index in [0.717, 1.165) is 5.56 Å². The summed E-state index contributed by atoms with van der Waals surface area (Å²) in [6.07, 6.45) is 0. The molecule has 0 spiro atoms. The predicted molar refractivity (Wildman–Crippen MR) is 103 cm³/mol. The number of carbonyl (C=O) groups excluding carboxylic acids is 1. The molecule has 0 saturated heterocycles. The van der Waals surface area contributed by atoms with Gasteiger partial charge in [-0.15, -0.1) is 0 Å². The average molecular weight is 349 g/mol. The first kappa shape index (κ1) is 17.9. The standard InChI is InChI=1S/C21H23N3O2/c1-14(2)15(3)22-20(25)19-17-11-7-8-12-18(17)21(26)24(23-19)13-16-9-5-4-6-10-16/h4-12,14-15H,13H2,1-3H3,(H,22,25)/t15-/m1/s1. The van der Waals surface area contributed by atoms with E-state index in [1.54, 1.807) is 18.2 Å². The molecule has 1 heterocycles. The van der Waals surface area contributed by atoms with E-state index in [1.165, 1.54) is 4.68 Å². The summed E-state index contributed by atoms with van der Waals surface area (Å²) in [5.74, 6) is 0.0460. The van der Waals surface area contributed by atoms with Gasteiger partial charge in [0.25, 0.3) is 11.5 Å². The van der Waals surface area contributed by atoms with Gasteiger partial charge in [0.1, 0.15) is 0 Å². The van der Waals surface area contributed by atoms with Crippen molar-refractivity contribution < 1.29 is 4.79 Å². The van der Waals surface area contributed by atoms with E-state index in [-0.39, 0.29) is 23.2 Å². The van der Waals surface area contributed by atoms with Crippen molar-refractivity contribution in [3.05, 3.63) is 76.2 Å². The highest BCUT2D eigenvalue weighted by atomic mass is 16.2. The second-order valence-corrected chi connectivity index (χ2v) is 6.85. The first-order valence-electron chi connectivity index (χ1n) is 8.82. The zero-order chi connectivity index (χ0) is 18.7. The Morgan fingerprint density at radius 2 is 1.62 bits per heavy atom. The number of nitrogens with one attached hydrogen (secondary N) is 1. The monoisotopic (exact) mass is 349 g/mol. The van der Waals surface area contributed by atoms with Crippen molar-refractivity contribution in [2.75, 3.05) is 0 Å². The molecule has 2 aromatic carbocycles. The minimum Gasteiger partial charge on any atom is -0.348 e. The minimum atomic E-state index is -0.260. The minimum absolute atomic E-state index is 0.0116. The van der Waals surface area contributed by atoms with Crippen LogP contribution in [0.3, 0.4) is 0 Å². The predicted octanol–water partition coefficient (Wildman–Crippen LogP) is 3.22. The number of nitrogens with zero attached hydrogens (tertiary/aromatic N) is 2. The summed E-state index contributed by atoms with van der Waals surface area (Å²) in [6.45, 7) is 6.38. The molecular formula is C21H23N3O2. The van der Waals surface area contributed by atoms with Crippen LogP contribution in [0.1, 0.15) is 36.8 Å². The van der Waals surface area contributed by atoms with Gasteiger partial charge in [0, 0.05) is 11.4 Å². The molecule has 0 aliphatic heterocycles. The summed E-state index contributed by atoms with van der Waals surface area (Å²) in [6, 6.07) is 16.8. The Morgan fingerprint density at radius 1 is 1.00 bits per heavy atom. The molecule has 1 amide bonds. The number of fused-ring (bicyclic) bond motifs is 1. The van der Waals surface area contributed by atoms with Gasteiger partial charge in [-0.3, -0.25) is 9.59 Å². The fourth-order valence-corrected chi connectivity index (χ4v) is 2.71. The van der Waals surface area contributed by atoms with Crippen LogP contribution < -0.4 is 10.9 Å². The maximum atomic E-state index is 12.8. The molecule has 5 heteroatoms. The van der Waals surface area contributed by atoms with Gasteiger partial charge in [-0.1, -0.05) is 62.4 Å². The number of hydrogen-bond acceptors (Lipinski definition) is 3. The van der Waals surface area contributed by atoms with Gasteiger partial charge >= 0.3 is 0 Å². The number of carbonyl (C=O) groups is 1. The molecule has 0 saturated carbocycles. The first-order valence-corrected chi connectivity index (χ1v) is 8.82.